The number of carbonyl (C=O) groups is 3. The molecule has 1 aliphatic carbocycles. The summed E-state index contributed by atoms with van der Waals surface area (Å²) in [5, 5.41) is 2.90. The maximum absolute atomic E-state index is 12.3. The van der Waals surface area contributed by atoms with Crippen molar-refractivity contribution in [1.82, 2.24) is 10.3 Å². The second kappa shape index (κ2) is 6.98. The second-order valence-electron chi connectivity index (χ2n) is 6.22. The fourth-order valence-electron chi connectivity index (χ4n) is 3.14. The molecule has 1 unspecified atom stereocenters. The van der Waals surface area contributed by atoms with Gasteiger partial charge in [-0.2, -0.15) is 0 Å². The van der Waals surface area contributed by atoms with E-state index >= 15 is 0 Å². The maximum Gasteiger partial charge on any atom is 0.355 e. The molecule has 23 heavy (non-hydrogen) atoms. The Balaban J connectivity index is 2.02. The molecular formula is C17H24N2O4. The quantitative estimate of drug-likeness (QED) is 0.644. The zero-order valence-corrected chi connectivity index (χ0v) is 14.1. The van der Waals surface area contributed by atoms with Crippen LogP contribution in [0.5, 0.6) is 0 Å². The van der Waals surface area contributed by atoms with E-state index in [0.29, 0.717) is 16.8 Å². The molecule has 2 N–H and O–H groups in total. The van der Waals surface area contributed by atoms with Gasteiger partial charge in [-0.25, -0.2) is 4.79 Å². The zero-order valence-electron chi connectivity index (χ0n) is 14.1. The van der Waals surface area contributed by atoms with E-state index < -0.39 is 12.1 Å². The van der Waals surface area contributed by atoms with Gasteiger partial charge in [-0.1, -0.05) is 12.8 Å². The number of hydrogen-bond acceptors (Lipinski definition) is 4. The minimum absolute atomic E-state index is 0.109. The lowest BCUT2D eigenvalue weighted by molar-refractivity contribution is -0.129. The number of rotatable bonds is 5. The summed E-state index contributed by atoms with van der Waals surface area (Å²) in [6.45, 7) is 6.44. The third-order valence-corrected chi connectivity index (χ3v) is 4.35. The summed E-state index contributed by atoms with van der Waals surface area (Å²) in [6.07, 6.45) is 3.32. The molecule has 0 bridgehead atoms. The van der Waals surface area contributed by atoms with Crippen molar-refractivity contribution in [3.8, 4) is 0 Å². The average Bonchev–Trinajstić information content (AvgIpc) is 3.06. The Hall–Kier alpha value is -2.11. The van der Waals surface area contributed by atoms with Crippen molar-refractivity contribution < 1.29 is 19.1 Å². The fourth-order valence-corrected chi connectivity index (χ4v) is 3.14. The van der Waals surface area contributed by atoms with Gasteiger partial charge in [0, 0.05) is 17.3 Å². The van der Waals surface area contributed by atoms with E-state index in [2.05, 4.69) is 10.3 Å². The Morgan fingerprint density at radius 3 is 2.35 bits per heavy atom. The van der Waals surface area contributed by atoms with Gasteiger partial charge >= 0.3 is 5.97 Å². The normalized spacial score (nSPS) is 16.2. The standard InChI is InChI=1S/C17H24N2O4/c1-9-14(11(3)20)10(2)18-15(9)17(22)23-12(4)16(21)19-13-7-5-6-8-13/h12-13,18H,5-8H2,1-4H3,(H,19,21). The molecule has 126 valence electrons. The summed E-state index contributed by atoms with van der Waals surface area (Å²) in [6, 6.07) is 0.183. The fraction of sp³-hybridized carbons (Fsp3) is 0.588. The van der Waals surface area contributed by atoms with Crippen LogP contribution in [0.25, 0.3) is 0 Å². The van der Waals surface area contributed by atoms with Gasteiger partial charge in [0.05, 0.1) is 0 Å². The number of amides is 1. The number of ketones is 1. The third kappa shape index (κ3) is 3.81. The molecule has 1 amide bonds. The second-order valence-corrected chi connectivity index (χ2v) is 6.22. The molecule has 1 aliphatic rings. The Morgan fingerprint density at radius 1 is 1.22 bits per heavy atom. The van der Waals surface area contributed by atoms with Gasteiger partial charge in [0.15, 0.2) is 11.9 Å². The van der Waals surface area contributed by atoms with Gasteiger partial charge in [0.2, 0.25) is 0 Å². The highest BCUT2D eigenvalue weighted by molar-refractivity contribution is 6.01. The summed E-state index contributed by atoms with van der Waals surface area (Å²) >= 11 is 0. The van der Waals surface area contributed by atoms with Crippen LogP contribution in [0.2, 0.25) is 0 Å². The van der Waals surface area contributed by atoms with Crippen LogP contribution in [0.4, 0.5) is 0 Å². The van der Waals surface area contributed by atoms with Crippen molar-refractivity contribution in [3.63, 3.8) is 0 Å². The van der Waals surface area contributed by atoms with Crippen LogP contribution in [0.1, 0.15) is 71.6 Å². The van der Waals surface area contributed by atoms with Crippen molar-refractivity contribution in [1.29, 1.82) is 0 Å². The number of ether oxygens (including phenoxy) is 1. The number of esters is 1. The van der Waals surface area contributed by atoms with E-state index in [1.165, 1.54) is 6.92 Å². The molecule has 1 aromatic rings. The lowest BCUT2D eigenvalue weighted by Gasteiger charge is -2.17. The molecule has 6 heteroatoms. The predicted octanol–water partition coefficient (Wildman–Crippen LogP) is 2.44. The van der Waals surface area contributed by atoms with Gasteiger partial charge in [-0.3, -0.25) is 9.59 Å². The highest BCUT2D eigenvalue weighted by atomic mass is 16.5. The van der Waals surface area contributed by atoms with Crippen molar-refractivity contribution in [2.45, 2.75) is 65.5 Å². The predicted molar refractivity (Wildman–Crippen MR) is 85.5 cm³/mol. The topological polar surface area (TPSA) is 88.3 Å². The molecule has 1 saturated carbocycles. The van der Waals surface area contributed by atoms with Gasteiger partial charge in [-0.15, -0.1) is 0 Å². The van der Waals surface area contributed by atoms with Crippen molar-refractivity contribution >= 4 is 17.7 Å². The van der Waals surface area contributed by atoms with Crippen LogP contribution in [-0.4, -0.2) is 34.8 Å². The number of nitrogens with one attached hydrogen (secondary N) is 2. The van der Waals surface area contributed by atoms with E-state index in [1.807, 2.05) is 0 Å². The summed E-state index contributed by atoms with van der Waals surface area (Å²) in [4.78, 5) is 38.8. The number of carbonyl (C=O) groups excluding carboxylic acids is 3. The molecule has 0 radical (unpaired) electrons. The van der Waals surface area contributed by atoms with E-state index in [0.717, 1.165) is 25.7 Å². The van der Waals surface area contributed by atoms with E-state index in [-0.39, 0.29) is 23.4 Å². The molecule has 1 fully saturated rings. The van der Waals surface area contributed by atoms with Gasteiger partial charge in [0.25, 0.3) is 5.91 Å². The SMILES string of the molecule is CC(=O)c1c(C)[nH]c(C(=O)OC(C)C(=O)NC2CCCC2)c1C. The molecule has 1 heterocycles. The maximum atomic E-state index is 12.3. The zero-order chi connectivity index (χ0) is 17.1. The van der Waals surface area contributed by atoms with Gasteiger partial charge in [-0.05, 0) is 46.1 Å². The first-order valence-corrected chi connectivity index (χ1v) is 8.02. The monoisotopic (exact) mass is 320 g/mol. The number of H-pyrrole nitrogens is 1. The van der Waals surface area contributed by atoms with Crippen molar-refractivity contribution in [2.24, 2.45) is 0 Å². The first-order chi connectivity index (χ1) is 10.8. The summed E-state index contributed by atoms with van der Waals surface area (Å²) in [5.74, 6) is -1.01. The highest BCUT2D eigenvalue weighted by Gasteiger charge is 2.26. The summed E-state index contributed by atoms with van der Waals surface area (Å²) < 4.78 is 5.24. The van der Waals surface area contributed by atoms with E-state index in [1.54, 1.807) is 20.8 Å². The molecule has 0 saturated heterocycles. The lowest BCUT2D eigenvalue weighted by Crippen LogP contribution is -2.40. The molecule has 0 spiro atoms. The molecule has 1 aromatic heterocycles. The smallest absolute Gasteiger partial charge is 0.355 e. The van der Waals surface area contributed by atoms with E-state index in [4.69, 9.17) is 4.74 Å². The van der Waals surface area contributed by atoms with Crippen LogP contribution >= 0.6 is 0 Å². The van der Waals surface area contributed by atoms with Crippen LogP contribution in [0.3, 0.4) is 0 Å². The lowest BCUT2D eigenvalue weighted by atomic mass is 10.1. The number of aromatic amines is 1. The highest BCUT2D eigenvalue weighted by Crippen LogP contribution is 2.20. The van der Waals surface area contributed by atoms with Crippen LogP contribution in [-0.2, 0) is 9.53 Å². The van der Waals surface area contributed by atoms with Crippen LogP contribution in [0.15, 0.2) is 0 Å². The molecular weight excluding hydrogens is 296 g/mol. The number of aryl methyl sites for hydroxylation is 1. The minimum atomic E-state index is -0.869. The summed E-state index contributed by atoms with van der Waals surface area (Å²) in [5.41, 5.74) is 1.92. The summed E-state index contributed by atoms with van der Waals surface area (Å²) in [7, 11) is 0. The first kappa shape index (κ1) is 17.2. The first-order valence-electron chi connectivity index (χ1n) is 8.02. The average molecular weight is 320 g/mol. The number of aromatic nitrogens is 1. The molecule has 6 nitrogen and oxygen atoms in total. The van der Waals surface area contributed by atoms with Crippen LogP contribution < -0.4 is 5.32 Å². The Bertz CT molecular complexity index is 627. The van der Waals surface area contributed by atoms with Crippen molar-refractivity contribution in [3.05, 3.63) is 22.5 Å². The van der Waals surface area contributed by atoms with Gasteiger partial charge in [0.1, 0.15) is 5.69 Å². The number of hydrogen-bond donors (Lipinski definition) is 2. The van der Waals surface area contributed by atoms with E-state index in [9.17, 15) is 14.4 Å². The molecule has 2 rings (SSSR count). The molecule has 0 aliphatic heterocycles. The van der Waals surface area contributed by atoms with Crippen molar-refractivity contribution in [2.75, 3.05) is 0 Å². The Labute approximate surface area is 136 Å². The number of Topliss-reactive ketones (excluding diaryl/α,β-unsaturated/α-hetero) is 1. The molecule has 1 atom stereocenters. The Morgan fingerprint density at radius 2 is 1.83 bits per heavy atom. The largest absolute Gasteiger partial charge is 0.448 e. The minimum Gasteiger partial charge on any atom is -0.448 e. The third-order valence-electron chi connectivity index (χ3n) is 4.35. The van der Waals surface area contributed by atoms with Crippen LogP contribution in [0, 0.1) is 13.8 Å². The Kier molecular flexibility index (Phi) is 5.23. The van der Waals surface area contributed by atoms with Gasteiger partial charge < -0.3 is 15.0 Å². The molecule has 0 aromatic carbocycles.